The zero-order chi connectivity index (χ0) is 11.7. The maximum Gasteiger partial charge on any atom is 0.127 e. The maximum absolute atomic E-state index is 9.72. The Bertz CT molecular complexity index is 533. The topological polar surface area (TPSA) is 60.7 Å². The van der Waals surface area contributed by atoms with Crippen molar-refractivity contribution < 1.29 is 15.3 Å². The van der Waals surface area contributed by atoms with E-state index in [2.05, 4.69) is 0 Å². The summed E-state index contributed by atoms with van der Waals surface area (Å²) < 4.78 is 0. The minimum absolute atomic E-state index is 0.00583. The van der Waals surface area contributed by atoms with Gasteiger partial charge in [-0.05, 0) is 36.2 Å². The van der Waals surface area contributed by atoms with Crippen LogP contribution in [-0.4, -0.2) is 15.3 Å². The predicted molar refractivity (Wildman–Crippen MR) is 61.6 cm³/mol. The first-order valence-electron chi connectivity index (χ1n) is 4.90. The van der Waals surface area contributed by atoms with Crippen molar-refractivity contribution in [3.63, 3.8) is 0 Å². The number of aromatic hydroxyl groups is 3. The lowest BCUT2D eigenvalue weighted by atomic mass is 9.99. The highest BCUT2D eigenvalue weighted by Crippen LogP contribution is 2.36. The summed E-state index contributed by atoms with van der Waals surface area (Å²) in [6, 6.07) is 9.51. The minimum Gasteiger partial charge on any atom is -0.508 e. The molecular formula is C13H12O3. The van der Waals surface area contributed by atoms with Crippen LogP contribution >= 0.6 is 0 Å². The van der Waals surface area contributed by atoms with Gasteiger partial charge in [-0.25, -0.2) is 0 Å². The Morgan fingerprint density at radius 2 is 1.56 bits per heavy atom. The lowest BCUT2D eigenvalue weighted by molar-refractivity contribution is 0.451. The quantitative estimate of drug-likeness (QED) is 0.686. The van der Waals surface area contributed by atoms with E-state index in [-0.39, 0.29) is 17.2 Å². The molecule has 0 unspecified atom stereocenters. The Balaban J connectivity index is 2.63. The van der Waals surface area contributed by atoms with Crippen LogP contribution in [0.2, 0.25) is 0 Å². The molecule has 2 aromatic carbocycles. The van der Waals surface area contributed by atoms with Gasteiger partial charge in [-0.15, -0.1) is 0 Å². The summed E-state index contributed by atoms with van der Waals surface area (Å²) in [5.74, 6) is 0.192. The van der Waals surface area contributed by atoms with Crippen molar-refractivity contribution in [1.82, 2.24) is 0 Å². The van der Waals surface area contributed by atoms with E-state index in [4.69, 9.17) is 0 Å². The first kappa shape index (κ1) is 10.4. The normalized spacial score (nSPS) is 10.3. The van der Waals surface area contributed by atoms with Gasteiger partial charge in [-0.1, -0.05) is 12.1 Å². The summed E-state index contributed by atoms with van der Waals surface area (Å²) in [4.78, 5) is 0. The smallest absolute Gasteiger partial charge is 0.127 e. The Morgan fingerprint density at radius 3 is 2.25 bits per heavy atom. The van der Waals surface area contributed by atoms with Gasteiger partial charge in [0.25, 0.3) is 0 Å². The fraction of sp³-hybridized carbons (Fsp3) is 0.0769. The van der Waals surface area contributed by atoms with Crippen LogP contribution < -0.4 is 0 Å². The largest absolute Gasteiger partial charge is 0.508 e. The van der Waals surface area contributed by atoms with Gasteiger partial charge >= 0.3 is 0 Å². The Hall–Kier alpha value is -2.16. The van der Waals surface area contributed by atoms with E-state index in [1.54, 1.807) is 31.2 Å². The summed E-state index contributed by atoms with van der Waals surface area (Å²) >= 11 is 0. The highest BCUT2D eigenvalue weighted by atomic mass is 16.3. The van der Waals surface area contributed by atoms with E-state index in [1.807, 2.05) is 0 Å². The first-order valence-corrected chi connectivity index (χ1v) is 4.90. The van der Waals surface area contributed by atoms with Gasteiger partial charge in [-0.2, -0.15) is 0 Å². The average Bonchev–Trinajstić information content (AvgIpc) is 2.23. The molecule has 0 heterocycles. The van der Waals surface area contributed by atoms with Crippen LogP contribution in [0.25, 0.3) is 11.1 Å². The van der Waals surface area contributed by atoms with Gasteiger partial charge in [0.15, 0.2) is 0 Å². The Kier molecular flexibility index (Phi) is 2.44. The number of phenolic OH excluding ortho intramolecular Hbond substituents is 3. The van der Waals surface area contributed by atoms with Crippen LogP contribution in [0.5, 0.6) is 17.2 Å². The van der Waals surface area contributed by atoms with Crippen molar-refractivity contribution in [2.45, 2.75) is 6.92 Å². The SMILES string of the molecule is Cc1c(O)cccc1-c1ccc(O)cc1O. The third-order valence-electron chi connectivity index (χ3n) is 2.58. The molecule has 0 saturated heterocycles. The number of hydrogen-bond donors (Lipinski definition) is 3. The molecule has 0 fully saturated rings. The van der Waals surface area contributed by atoms with Gasteiger partial charge < -0.3 is 15.3 Å². The number of benzene rings is 2. The molecule has 0 aliphatic heterocycles. The Labute approximate surface area is 93.2 Å². The average molecular weight is 216 g/mol. The van der Waals surface area contributed by atoms with E-state index in [1.165, 1.54) is 12.1 Å². The second kappa shape index (κ2) is 3.77. The van der Waals surface area contributed by atoms with Crippen molar-refractivity contribution in [1.29, 1.82) is 0 Å². The molecule has 2 aromatic rings. The molecule has 0 aromatic heterocycles. The molecule has 16 heavy (non-hydrogen) atoms. The lowest BCUT2D eigenvalue weighted by Gasteiger charge is -2.09. The van der Waals surface area contributed by atoms with Crippen molar-refractivity contribution in [3.05, 3.63) is 42.0 Å². The molecule has 0 radical (unpaired) electrons. The third-order valence-corrected chi connectivity index (χ3v) is 2.58. The second-order valence-electron chi connectivity index (χ2n) is 3.65. The zero-order valence-electron chi connectivity index (χ0n) is 8.81. The summed E-state index contributed by atoms with van der Waals surface area (Å²) in [6.45, 7) is 1.77. The van der Waals surface area contributed by atoms with E-state index < -0.39 is 0 Å². The van der Waals surface area contributed by atoms with Crippen molar-refractivity contribution in [2.75, 3.05) is 0 Å². The number of hydrogen-bond acceptors (Lipinski definition) is 3. The molecule has 0 bridgehead atoms. The van der Waals surface area contributed by atoms with E-state index >= 15 is 0 Å². The van der Waals surface area contributed by atoms with Crippen LogP contribution in [-0.2, 0) is 0 Å². The Morgan fingerprint density at radius 1 is 0.812 bits per heavy atom. The maximum atomic E-state index is 9.72. The number of rotatable bonds is 1. The molecule has 3 nitrogen and oxygen atoms in total. The highest BCUT2D eigenvalue weighted by molar-refractivity contribution is 5.75. The van der Waals surface area contributed by atoms with E-state index in [0.29, 0.717) is 11.1 Å². The van der Waals surface area contributed by atoms with Gasteiger partial charge in [-0.3, -0.25) is 0 Å². The van der Waals surface area contributed by atoms with Gasteiger partial charge in [0.1, 0.15) is 17.2 Å². The summed E-state index contributed by atoms with van der Waals surface area (Å²) in [5.41, 5.74) is 2.03. The zero-order valence-corrected chi connectivity index (χ0v) is 8.81. The van der Waals surface area contributed by atoms with Crippen LogP contribution in [0.4, 0.5) is 0 Å². The fourth-order valence-electron chi connectivity index (χ4n) is 1.66. The molecule has 0 aliphatic rings. The molecule has 0 aliphatic carbocycles. The number of phenols is 3. The van der Waals surface area contributed by atoms with Crippen molar-refractivity contribution >= 4 is 0 Å². The first-order chi connectivity index (χ1) is 7.59. The highest BCUT2D eigenvalue weighted by Gasteiger charge is 2.09. The van der Waals surface area contributed by atoms with Gasteiger partial charge in [0, 0.05) is 11.6 Å². The minimum atomic E-state index is -0.00583. The summed E-state index contributed by atoms with van der Waals surface area (Å²) in [5, 5.41) is 28.5. The standard InChI is InChI=1S/C13H12O3/c1-8-10(3-2-4-12(8)15)11-6-5-9(14)7-13(11)16/h2-7,14-16H,1H3. The van der Waals surface area contributed by atoms with Crippen molar-refractivity contribution in [3.8, 4) is 28.4 Å². The second-order valence-corrected chi connectivity index (χ2v) is 3.65. The van der Waals surface area contributed by atoms with Gasteiger partial charge in [0.05, 0.1) is 0 Å². The molecule has 3 N–H and O–H groups in total. The molecule has 2 rings (SSSR count). The lowest BCUT2D eigenvalue weighted by Crippen LogP contribution is -1.84. The monoisotopic (exact) mass is 216 g/mol. The van der Waals surface area contributed by atoms with E-state index in [9.17, 15) is 15.3 Å². The molecule has 0 spiro atoms. The molecular weight excluding hydrogens is 204 g/mol. The van der Waals surface area contributed by atoms with Crippen LogP contribution in [0.3, 0.4) is 0 Å². The van der Waals surface area contributed by atoms with Gasteiger partial charge in [0.2, 0.25) is 0 Å². The van der Waals surface area contributed by atoms with Crippen molar-refractivity contribution in [2.24, 2.45) is 0 Å². The molecule has 0 amide bonds. The molecule has 0 saturated carbocycles. The fourth-order valence-corrected chi connectivity index (χ4v) is 1.66. The summed E-state index contributed by atoms with van der Waals surface area (Å²) in [6.07, 6.45) is 0. The molecule has 0 atom stereocenters. The molecule has 3 heteroatoms. The van der Waals surface area contributed by atoms with E-state index in [0.717, 1.165) is 5.56 Å². The van der Waals surface area contributed by atoms with Crippen LogP contribution in [0, 0.1) is 6.92 Å². The predicted octanol–water partition coefficient (Wildman–Crippen LogP) is 2.78. The molecule has 82 valence electrons. The third kappa shape index (κ3) is 1.67. The van der Waals surface area contributed by atoms with Crippen LogP contribution in [0.15, 0.2) is 36.4 Å². The van der Waals surface area contributed by atoms with Crippen LogP contribution in [0.1, 0.15) is 5.56 Å². The summed E-state index contributed by atoms with van der Waals surface area (Å²) in [7, 11) is 0.